The van der Waals surface area contributed by atoms with Crippen LogP contribution in [-0.4, -0.2) is 14.6 Å². The molecule has 0 amide bonds. The molecule has 0 saturated heterocycles. The predicted molar refractivity (Wildman–Crippen MR) is 94.5 cm³/mol. The summed E-state index contributed by atoms with van der Waals surface area (Å²) in [7, 11) is 0. The maximum absolute atomic E-state index is 5.48. The first-order chi connectivity index (χ1) is 9.15. The lowest BCUT2D eigenvalue weighted by molar-refractivity contribution is 0.691. The van der Waals surface area contributed by atoms with Gasteiger partial charge in [-0.1, -0.05) is 67.0 Å². The summed E-state index contributed by atoms with van der Waals surface area (Å²) in [6.45, 7) is 0. The second-order valence-corrected chi connectivity index (χ2v) is 6.82. The number of aryl methyl sites for hydroxylation is 1. The number of thiocarbonyl (C=S) groups is 3. The van der Waals surface area contributed by atoms with Crippen molar-refractivity contribution in [1.29, 1.82) is 0 Å². The Balaban J connectivity index is 1.70. The molecule has 1 atom stereocenters. The average molecular weight is 307 g/mol. The van der Waals surface area contributed by atoms with Gasteiger partial charge in [0.05, 0.1) is 0 Å². The van der Waals surface area contributed by atoms with Gasteiger partial charge in [-0.25, -0.2) is 0 Å². The van der Waals surface area contributed by atoms with Crippen LogP contribution >= 0.6 is 36.7 Å². The van der Waals surface area contributed by atoms with Crippen molar-refractivity contribution in [2.45, 2.75) is 38.5 Å². The highest BCUT2D eigenvalue weighted by Crippen LogP contribution is 2.26. The summed E-state index contributed by atoms with van der Waals surface area (Å²) in [4.78, 5) is 3.45. The Morgan fingerprint density at radius 3 is 2.47 bits per heavy atom. The van der Waals surface area contributed by atoms with Crippen molar-refractivity contribution in [1.82, 2.24) is 0 Å². The lowest BCUT2D eigenvalue weighted by Gasteiger charge is -2.09. The molecule has 1 aromatic rings. The van der Waals surface area contributed by atoms with Gasteiger partial charge in [0.15, 0.2) is 0 Å². The molecular formula is C16H18S3. The minimum absolute atomic E-state index is 0.511. The molecule has 1 aliphatic carbocycles. The minimum Gasteiger partial charge on any atom is -0.0897 e. The third-order valence-corrected chi connectivity index (χ3v) is 4.80. The molecule has 0 radical (unpaired) electrons. The van der Waals surface area contributed by atoms with E-state index in [1.54, 1.807) is 0 Å². The van der Waals surface area contributed by atoms with E-state index in [-0.39, 0.29) is 0 Å². The SMILES string of the molecule is S=C(CCc1ccccc1)CCC1CC(=S)CC1=S. The van der Waals surface area contributed by atoms with Crippen LogP contribution in [-0.2, 0) is 6.42 Å². The molecule has 0 nitrogen and oxygen atoms in total. The number of hydrogen-bond donors (Lipinski definition) is 0. The Hall–Kier alpha value is -0.510. The molecule has 1 unspecified atom stereocenters. The maximum Gasteiger partial charge on any atom is 0.0105 e. The molecule has 0 bridgehead atoms. The summed E-state index contributed by atoms with van der Waals surface area (Å²) >= 11 is 16.1. The van der Waals surface area contributed by atoms with E-state index in [0.717, 1.165) is 48.3 Å². The van der Waals surface area contributed by atoms with Crippen molar-refractivity contribution in [3.63, 3.8) is 0 Å². The Kier molecular flexibility index (Phi) is 5.74. The topological polar surface area (TPSA) is 0 Å². The summed E-state index contributed by atoms with van der Waals surface area (Å²) in [6.07, 6.45) is 6.04. The molecule has 1 saturated carbocycles. The molecule has 0 spiro atoms. The van der Waals surface area contributed by atoms with Crippen LogP contribution in [0.2, 0.25) is 0 Å². The largest absolute Gasteiger partial charge is 0.0897 e. The van der Waals surface area contributed by atoms with Crippen LogP contribution in [0.3, 0.4) is 0 Å². The van der Waals surface area contributed by atoms with Gasteiger partial charge in [0.25, 0.3) is 0 Å². The second kappa shape index (κ2) is 7.32. The maximum atomic E-state index is 5.48. The Morgan fingerprint density at radius 1 is 1.11 bits per heavy atom. The van der Waals surface area contributed by atoms with Crippen molar-refractivity contribution in [2.24, 2.45) is 5.92 Å². The van der Waals surface area contributed by atoms with Gasteiger partial charge in [0.1, 0.15) is 0 Å². The third-order valence-electron chi connectivity index (χ3n) is 3.61. The highest BCUT2D eigenvalue weighted by molar-refractivity contribution is 7.82. The summed E-state index contributed by atoms with van der Waals surface area (Å²) in [5, 5.41) is 0. The van der Waals surface area contributed by atoms with E-state index >= 15 is 0 Å². The van der Waals surface area contributed by atoms with Crippen molar-refractivity contribution in [3.8, 4) is 0 Å². The van der Waals surface area contributed by atoms with Gasteiger partial charge in [0, 0.05) is 11.3 Å². The average Bonchev–Trinajstić information content (AvgIpc) is 2.73. The third kappa shape index (κ3) is 4.83. The van der Waals surface area contributed by atoms with Crippen LogP contribution in [0, 0.1) is 5.92 Å². The van der Waals surface area contributed by atoms with E-state index in [1.807, 2.05) is 6.07 Å². The molecule has 3 heteroatoms. The monoisotopic (exact) mass is 306 g/mol. The first-order valence-electron chi connectivity index (χ1n) is 6.75. The first-order valence-corrected chi connectivity index (χ1v) is 7.97. The molecule has 0 N–H and O–H groups in total. The van der Waals surface area contributed by atoms with Crippen LogP contribution in [0.15, 0.2) is 30.3 Å². The summed E-state index contributed by atoms with van der Waals surface area (Å²) in [6, 6.07) is 10.5. The van der Waals surface area contributed by atoms with Gasteiger partial charge in [0.2, 0.25) is 0 Å². The van der Waals surface area contributed by atoms with E-state index in [9.17, 15) is 0 Å². The van der Waals surface area contributed by atoms with Gasteiger partial charge < -0.3 is 0 Å². The van der Waals surface area contributed by atoms with Gasteiger partial charge >= 0.3 is 0 Å². The molecule has 1 aromatic carbocycles. The van der Waals surface area contributed by atoms with Crippen molar-refractivity contribution >= 4 is 51.2 Å². The molecular weight excluding hydrogens is 288 g/mol. The zero-order valence-corrected chi connectivity index (χ0v) is 13.4. The summed E-state index contributed by atoms with van der Waals surface area (Å²) < 4.78 is 0. The fraction of sp³-hybridized carbons (Fsp3) is 0.438. The fourth-order valence-electron chi connectivity index (χ4n) is 2.45. The molecule has 0 aliphatic heterocycles. The van der Waals surface area contributed by atoms with Crippen LogP contribution < -0.4 is 0 Å². The summed E-state index contributed by atoms with van der Waals surface area (Å²) in [5.74, 6) is 0.511. The van der Waals surface area contributed by atoms with Crippen molar-refractivity contribution < 1.29 is 0 Å². The van der Waals surface area contributed by atoms with Gasteiger partial charge in [-0.05, 0) is 53.3 Å². The highest BCUT2D eigenvalue weighted by atomic mass is 32.1. The molecule has 1 aliphatic rings. The lowest BCUT2D eigenvalue weighted by atomic mass is 9.98. The predicted octanol–water partition coefficient (Wildman–Crippen LogP) is 4.92. The van der Waals surface area contributed by atoms with Crippen LogP contribution in [0.1, 0.15) is 37.7 Å². The number of hydrogen-bond acceptors (Lipinski definition) is 3. The van der Waals surface area contributed by atoms with E-state index in [0.29, 0.717) is 5.92 Å². The van der Waals surface area contributed by atoms with E-state index in [4.69, 9.17) is 36.7 Å². The normalized spacial score (nSPS) is 18.8. The van der Waals surface area contributed by atoms with E-state index < -0.39 is 0 Å². The molecule has 19 heavy (non-hydrogen) atoms. The first kappa shape index (κ1) is 14.9. The van der Waals surface area contributed by atoms with Crippen molar-refractivity contribution in [3.05, 3.63) is 35.9 Å². The van der Waals surface area contributed by atoms with Crippen LogP contribution in [0.25, 0.3) is 0 Å². The zero-order chi connectivity index (χ0) is 13.7. The van der Waals surface area contributed by atoms with Gasteiger partial charge in [-0.2, -0.15) is 0 Å². The Morgan fingerprint density at radius 2 is 1.84 bits per heavy atom. The minimum atomic E-state index is 0.511. The smallest absolute Gasteiger partial charge is 0.0105 e. The molecule has 2 rings (SSSR count). The van der Waals surface area contributed by atoms with Crippen LogP contribution in [0.5, 0.6) is 0 Å². The van der Waals surface area contributed by atoms with Gasteiger partial charge in [-0.3, -0.25) is 0 Å². The fourth-order valence-corrected chi connectivity index (χ4v) is 3.49. The quantitative estimate of drug-likeness (QED) is 0.685. The van der Waals surface area contributed by atoms with E-state index in [2.05, 4.69) is 24.3 Å². The highest BCUT2D eigenvalue weighted by Gasteiger charge is 2.24. The standard InChI is InChI=1S/C16H18S3/c17-14(8-6-12-4-2-1-3-5-12)9-7-13-10-15(18)11-16(13)19/h1-5,13H,6-11H2. The lowest BCUT2D eigenvalue weighted by Crippen LogP contribution is -2.07. The molecule has 1 fully saturated rings. The summed E-state index contributed by atoms with van der Waals surface area (Å²) in [5.41, 5.74) is 1.36. The van der Waals surface area contributed by atoms with E-state index in [1.165, 1.54) is 10.4 Å². The van der Waals surface area contributed by atoms with Crippen molar-refractivity contribution in [2.75, 3.05) is 0 Å². The number of benzene rings is 1. The van der Waals surface area contributed by atoms with Crippen LogP contribution in [0.4, 0.5) is 0 Å². The Labute approximate surface area is 131 Å². The molecule has 100 valence electrons. The Bertz CT molecular complexity index is 476. The second-order valence-electron chi connectivity index (χ2n) is 5.15. The molecule has 0 aromatic heterocycles. The zero-order valence-electron chi connectivity index (χ0n) is 10.9. The number of rotatable bonds is 6. The molecule has 0 heterocycles. The van der Waals surface area contributed by atoms with Gasteiger partial charge in [-0.15, -0.1) is 0 Å².